The predicted molar refractivity (Wildman–Crippen MR) is 69.6 cm³/mol. The largest absolute Gasteiger partial charge is 0.377 e. The first-order chi connectivity index (χ1) is 8.20. The Labute approximate surface area is 103 Å². The molecule has 0 atom stereocenters. The summed E-state index contributed by atoms with van der Waals surface area (Å²) in [5.41, 5.74) is 4.68. The fraction of sp³-hybridized carbons (Fsp3) is 0.750. The van der Waals surface area contributed by atoms with Crippen LogP contribution in [0.4, 0.5) is 5.82 Å². The number of nitrogens with zero attached hydrogens (tertiary/aromatic N) is 2. The molecular formula is C12H24N4O. The minimum absolute atomic E-state index is 0.575. The van der Waals surface area contributed by atoms with Gasteiger partial charge < -0.3 is 10.2 Å². The summed E-state index contributed by atoms with van der Waals surface area (Å²) in [7, 11) is 1.87. The maximum atomic E-state index is 5.65. The van der Waals surface area contributed by atoms with Crippen LogP contribution < -0.4 is 11.3 Å². The molecule has 0 aromatic carbocycles. The lowest BCUT2D eigenvalue weighted by molar-refractivity contribution is 0.117. The van der Waals surface area contributed by atoms with Gasteiger partial charge >= 0.3 is 0 Å². The highest BCUT2D eigenvalue weighted by Gasteiger charge is 2.11. The van der Waals surface area contributed by atoms with Crippen molar-refractivity contribution in [2.24, 2.45) is 12.9 Å². The van der Waals surface area contributed by atoms with Gasteiger partial charge in [0.1, 0.15) is 5.82 Å². The molecular weight excluding hydrogens is 216 g/mol. The first-order valence-corrected chi connectivity index (χ1v) is 6.27. The molecule has 17 heavy (non-hydrogen) atoms. The summed E-state index contributed by atoms with van der Waals surface area (Å²) < 4.78 is 7.40. The number of aromatic nitrogens is 2. The van der Waals surface area contributed by atoms with Gasteiger partial charge in [-0.05, 0) is 13.3 Å². The van der Waals surface area contributed by atoms with Gasteiger partial charge in [0.2, 0.25) is 0 Å². The highest BCUT2D eigenvalue weighted by Crippen LogP contribution is 2.18. The SMILES string of the molecule is CCCCCCOCc1c(C)nn(C)c1NN. The zero-order valence-electron chi connectivity index (χ0n) is 11.1. The second-order valence-corrected chi connectivity index (χ2v) is 4.29. The van der Waals surface area contributed by atoms with E-state index in [1.807, 2.05) is 14.0 Å². The van der Waals surface area contributed by atoms with Gasteiger partial charge in [0.15, 0.2) is 0 Å². The second kappa shape index (κ2) is 7.29. The predicted octanol–water partition coefficient (Wildman–Crippen LogP) is 2.11. The lowest BCUT2D eigenvalue weighted by Crippen LogP contribution is -2.13. The van der Waals surface area contributed by atoms with Crippen LogP contribution in [0.3, 0.4) is 0 Å². The Morgan fingerprint density at radius 3 is 2.76 bits per heavy atom. The maximum Gasteiger partial charge on any atom is 0.143 e. The van der Waals surface area contributed by atoms with Crippen LogP contribution in [0, 0.1) is 6.92 Å². The van der Waals surface area contributed by atoms with E-state index in [0.717, 1.165) is 30.1 Å². The van der Waals surface area contributed by atoms with Gasteiger partial charge in [0.25, 0.3) is 0 Å². The Kier molecular flexibility index (Phi) is 6.00. The van der Waals surface area contributed by atoms with Gasteiger partial charge in [-0.25, -0.2) is 5.84 Å². The van der Waals surface area contributed by atoms with Crippen molar-refractivity contribution in [3.63, 3.8) is 0 Å². The van der Waals surface area contributed by atoms with Crippen molar-refractivity contribution in [3.05, 3.63) is 11.3 Å². The molecule has 1 rings (SSSR count). The number of nitrogens with one attached hydrogen (secondary N) is 1. The van der Waals surface area contributed by atoms with Crippen molar-refractivity contribution in [3.8, 4) is 0 Å². The monoisotopic (exact) mass is 240 g/mol. The average Bonchev–Trinajstić information content (AvgIpc) is 2.58. The van der Waals surface area contributed by atoms with E-state index in [-0.39, 0.29) is 0 Å². The summed E-state index contributed by atoms with van der Waals surface area (Å²) in [5.74, 6) is 6.30. The molecule has 0 aliphatic heterocycles. The molecule has 5 heteroatoms. The van der Waals surface area contributed by atoms with E-state index in [1.165, 1.54) is 19.3 Å². The van der Waals surface area contributed by atoms with E-state index in [0.29, 0.717) is 6.61 Å². The molecule has 0 radical (unpaired) electrons. The zero-order valence-corrected chi connectivity index (χ0v) is 11.1. The number of nitrogens with two attached hydrogens (primary N) is 1. The summed E-state index contributed by atoms with van der Waals surface area (Å²) in [6.45, 7) is 5.55. The quantitative estimate of drug-likeness (QED) is 0.415. The molecule has 0 spiro atoms. The Morgan fingerprint density at radius 1 is 1.35 bits per heavy atom. The Bertz CT molecular complexity index is 335. The van der Waals surface area contributed by atoms with Crippen molar-refractivity contribution in [1.82, 2.24) is 9.78 Å². The molecule has 5 nitrogen and oxygen atoms in total. The minimum atomic E-state index is 0.575. The fourth-order valence-corrected chi connectivity index (χ4v) is 1.86. The highest BCUT2D eigenvalue weighted by atomic mass is 16.5. The van der Waals surface area contributed by atoms with E-state index in [2.05, 4.69) is 17.4 Å². The molecule has 1 aromatic heterocycles. The van der Waals surface area contributed by atoms with E-state index in [9.17, 15) is 0 Å². The smallest absolute Gasteiger partial charge is 0.143 e. The van der Waals surface area contributed by atoms with Gasteiger partial charge in [-0.3, -0.25) is 4.68 Å². The Hall–Kier alpha value is -1.07. The molecule has 1 heterocycles. The van der Waals surface area contributed by atoms with Gasteiger partial charge in [-0.2, -0.15) is 5.10 Å². The molecule has 0 bridgehead atoms. The van der Waals surface area contributed by atoms with E-state index >= 15 is 0 Å². The summed E-state index contributed by atoms with van der Waals surface area (Å²) in [5, 5.41) is 4.30. The lowest BCUT2D eigenvalue weighted by Gasteiger charge is -2.06. The van der Waals surface area contributed by atoms with Crippen molar-refractivity contribution >= 4 is 5.82 Å². The zero-order chi connectivity index (χ0) is 12.7. The van der Waals surface area contributed by atoms with Crippen molar-refractivity contribution in [2.75, 3.05) is 12.0 Å². The Balaban J connectivity index is 2.36. The summed E-state index contributed by atoms with van der Waals surface area (Å²) >= 11 is 0. The number of ether oxygens (including phenoxy) is 1. The normalized spacial score (nSPS) is 10.8. The first kappa shape index (κ1) is 14.0. The van der Waals surface area contributed by atoms with Crippen molar-refractivity contribution < 1.29 is 4.74 Å². The molecule has 0 aliphatic carbocycles. The molecule has 0 unspecified atom stereocenters. The lowest BCUT2D eigenvalue weighted by atomic mass is 10.2. The number of aryl methyl sites for hydroxylation is 2. The van der Waals surface area contributed by atoms with Crippen LogP contribution in [-0.4, -0.2) is 16.4 Å². The standard InChI is InChI=1S/C12H24N4O/c1-4-5-6-7-8-17-9-11-10(2)15-16(3)12(11)14-13/h14H,4-9,13H2,1-3H3. The Morgan fingerprint density at radius 2 is 2.12 bits per heavy atom. The summed E-state index contributed by atoms with van der Waals surface area (Å²) in [4.78, 5) is 0. The second-order valence-electron chi connectivity index (χ2n) is 4.29. The summed E-state index contributed by atoms with van der Waals surface area (Å²) in [6.07, 6.45) is 4.90. The van der Waals surface area contributed by atoms with Crippen LogP contribution in [0.1, 0.15) is 43.9 Å². The maximum absolute atomic E-state index is 5.65. The number of unbranched alkanes of at least 4 members (excludes halogenated alkanes) is 3. The average molecular weight is 240 g/mol. The van der Waals surface area contributed by atoms with Gasteiger partial charge in [0, 0.05) is 19.2 Å². The molecule has 0 fully saturated rings. The molecule has 3 N–H and O–H groups in total. The van der Waals surface area contributed by atoms with E-state index < -0.39 is 0 Å². The van der Waals surface area contributed by atoms with Crippen LogP contribution in [0.2, 0.25) is 0 Å². The van der Waals surface area contributed by atoms with E-state index in [4.69, 9.17) is 10.6 Å². The van der Waals surface area contributed by atoms with E-state index in [1.54, 1.807) is 4.68 Å². The summed E-state index contributed by atoms with van der Waals surface area (Å²) in [6, 6.07) is 0. The third kappa shape index (κ3) is 4.02. The number of nitrogen functional groups attached to an aromatic ring is 1. The van der Waals surface area contributed by atoms with Gasteiger partial charge in [0.05, 0.1) is 12.3 Å². The minimum Gasteiger partial charge on any atom is -0.377 e. The molecule has 1 aromatic rings. The topological polar surface area (TPSA) is 65.1 Å². The molecule has 98 valence electrons. The molecule has 0 amide bonds. The molecule has 0 saturated carbocycles. The number of hydrogen-bond donors (Lipinski definition) is 2. The number of anilines is 1. The van der Waals surface area contributed by atoms with Gasteiger partial charge in [-0.1, -0.05) is 26.2 Å². The number of hydrazine groups is 1. The number of rotatable bonds is 8. The van der Waals surface area contributed by atoms with Crippen LogP contribution >= 0.6 is 0 Å². The van der Waals surface area contributed by atoms with Crippen LogP contribution in [0.25, 0.3) is 0 Å². The van der Waals surface area contributed by atoms with Crippen LogP contribution in [0.5, 0.6) is 0 Å². The fourth-order valence-electron chi connectivity index (χ4n) is 1.86. The van der Waals surface area contributed by atoms with Gasteiger partial charge in [-0.15, -0.1) is 0 Å². The highest BCUT2D eigenvalue weighted by molar-refractivity contribution is 5.45. The third-order valence-electron chi connectivity index (χ3n) is 2.87. The number of hydrogen-bond acceptors (Lipinski definition) is 4. The third-order valence-corrected chi connectivity index (χ3v) is 2.87. The first-order valence-electron chi connectivity index (χ1n) is 6.27. The van der Waals surface area contributed by atoms with Crippen molar-refractivity contribution in [1.29, 1.82) is 0 Å². The molecule has 0 aliphatic rings. The van der Waals surface area contributed by atoms with Crippen molar-refractivity contribution in [2.45, 2.75) is 46.1 Å². The molecule has 0 saturated heterocycles. The van der Waals surface area contributed by atoms with Crippen LogP contribution in [-0.2, 0) is 18.4 Å². The van der Waals surface area contributed by atoms with Crippen LogP contribution in [0.15, 0.2) is 0 Å².